The number of benzene rings is 1. The minimum Gasteiger partial charge on any atom is -0.376 e. The van der Waals surface area contributed by atoms with Gasteiger partial charge in [0.15, 0.2) is 0 Å². The van der Waals surface area contributed by atoms with Gasteiger partial charge in [-0.2, -0.15) is 0 Å². The molecule has 2 rings (SSSR count). The van der Waals surface area contributed by atoms with Crippen molar-refractivity contribution in [2.24, 2.45) is 5.92 Å². The highest BCUT2D eigenvalue weighted by atomic mass is 16.5. The molecular weight excluding hydrogens is 258 g/mol. The van der Waals surface area contributed by atoms with Crippen molar-refractivity contribution in [2.45, 2.75) is 65.5 Å². The SMILES string of the molecule is CNC(COC1CCC(C)CC1)c1c(C)cc(C)cc1C. The lowest BCUT2D eigenvalue weighted by Crippen LogP contribution is -2.28. The van der Waals surface area contributed by atoms with Crippen LogP contribution in [0.15, 0.2) is 12.1 Å². The molecule has 0 bridgehead atoms. The molecule has 0 amide bonds. The maximum atomic E-state index is 6.22. The fourth-order valence-electron chi connectivity index (χ4n) is 3.68. The van der Waals surface area contributed by atoms with Crippen molar-refractivity contribution in [1.29, 1.82) is 0 Å². The Morgan fingerprint density at radius 3 is 2.19 bits per heavy atom. The minimum atomic E-state index is 0.296. The van der Waals surface area contributed by atoms with Gasteiger partial charge in [0.05, 0.1) is 18.8 Å². The third-order valence-electron chi connectivity index (χ3n) is 4.90. The Morgan fingerprint density at radius 1 is 1.10 bits per heavy atom. The summed E-state index contributed by atoms with van der Waals surface area (Å²) < 4.78 is 6.22. The third-order valence-corrected chi connectivity index (χ3v) is 4.90. The van der Waals surface area contributed by atoms with Gasteiger partial charge in [0.25, 0.3) is 0 Å². The first-order valence-corrected chi connectivity index (χ1v) is 8.38. The molecule has 1 aliphatic carbocycles. The second kappa shape index (κ2) is 7.42. The number of nitrogens with one attached hydrogen (secondary N) is 1. The van der Waals surface area contributed by atoms with Crippen LogP contribution in [0.5, 0.6) is 0 Å². The molecule has 1 atom stereocenters. The molecule has 2 nitrogen and oxygen atoms in total. The summed E-state index contributed by atoms with van der Waals surface area (Å²) in [6.45, 7) is 9.72. The summed E-state index contributed by atoms with van der Waals surface area (Å²) >= 11 is 0. The molecule has 0 heterocycles. The van der Waals surface area contributed by atoms with Crippen LogP contribution in [0.25, 0.3) is 0 Å². The smallest absolute Gasteiger partial charge is 0.0665 e. The standard InChI is InChI=1S/C19H31NO/c1-13-6-8-17(9-7-13)21-12-18(20-5)19-15(3)10-14(2)11-16(19)4/h10-11,13,17-18,20H,6-9,12H2,1-5H3. The Balaban J connectivity index is 2.00. The quantitative estimate of drug-likeness (QED) is 0.863. The van der Waals surface area contributed by atoms with Crippen LogP contribution in [0.2, 0.25) is 0 Å². The normalized spacial score (nSPS) is 24.0. The van der Waals surface area contributed by atoms with E-state index in [1.807, 2.05) is 7.05 Å². The van der Waals surface area contributed by atoms with Gasteiger partial charge in [0, 0.05) is 0 Å². The molecule has 1 aromatic rings. The molecule has 0 radical (unpaired) electrons. The van der Waals surface area contributed by atoms with Crippen LogP contribution in [0.3, 0.4) is 0 Å². The molecule has 118 valence electrons. The number of hydrogen-bond donors (Lipinski definition) is 1. The second-order valence-corrected chi connectivity index (χ2v) is 6.87. The first-order valence-electron chi connectivity index (χ1n) is 8.38. The number of hydrogen-bond acceptors (Lipinski definition) is 2. The van der Waals surface area contributed by atoms with Gasteiger partial charge in [-0.05, 0) is 76.1 Å². The molecule has 1 N–H and O–H groups in total. The van der Waals surface area contributed by atoms with E-state index in [9.17, 15) is 0 Å². The number of ether oxygens (including phenoxy) is 1. The van der Waals surface area contributed by atoms with E-state index in [1.165, 1.54) is 47.9 Å². The molecule has 2 heteroatoms. The van der Waals surface area contributed by atoms with Gasteiger partial charge in [0.2, 0.25) is 0 Å². The molecular formula is C19H31NO. The van der Waals surface area contributed by atoms with Crippen LogP contribution in [-0.2, 0) is 4.74 Å². The van der Waals surface area contributed by atoms with Crippen LogP contribution in [-0.4, -0.2) is 19.8 Å². The van der Waals surface area contributed by atoms with E-state index in [0.29, 0.717) is 12.1 Å². The lowest BCUT2D eigenvalue weighted by Gasteiger charge is -2.29. The summed E-state index contributed by atoms with van der Waals surface area (Å²) in [5.74, 6) is 0.881. The van der Waals surface area contributed by atoms with Crippen LogP contribution < -0.4 is 5.32 Å². The van der Waals surface area contributed by atoms with Crippen molar-refractivity contribution in [3.05, 3.63) is 34.4 Å². The van der Waals surface area contributed by atoms with Gasteiger partial charge < -0.3 is 10.1 Å². The van der Waals surface area contributed by atoms with Gasteiger partial charge >= 0.3 is 0 Å². The summed E-state index contributed by atoms with van der Waals surface area (Å²) in [5, 5.41) is 3.44. The van der Waals surface area contributed by atoms with Crippen molar-refractivity contribution < 1.29 is 4.74 Å². The first-order chi connectivity index (χ1) is 10.0. The van der Waals surface area contributed by atoms with E-state index in [1.54, 1.807) is 0 Å². The summed E-state index contributed by atoms with van der Waals surface area (Å²) in [7, 11) is 2.04. The topological polar surface area (TPSA) is 21.3 Å². The molecule has 1 fully saturated rings. The predicted molar refractivity (Wildman–Crippen MR) is 89.8 cm³/mol. The molecule has 1 unspecified atom stereocenters. The summed E-state index contributed by atoms with van der Waals surface area (Å²) in [4.78, 5) is 0. The molecule has 0 aliphatic heterocycles. The largest absolute Gasteiger partial charge is 0.376 e. The minimum absolute atomic E-state index is 0.296. The molecule has 1 aromatic carbocycles. The summed E-state index contributed by atoms with van der Waals surface area (Å²) in [6, 6.07) is 4.84. The van der Waals surface area contributed by atoms with Gasteiger partial charge in [0.1, 0.15) is 0 Å². The van der Waals surface area contributed by atoms with Crippen molar-refractivity contribution in [1.82, 2.24) is 5.32 Å². The monoisotopic (exact) mass is 289 g/mol. The number of rotatable bonds is 5. The molecule has 0 saturated heterocycles. The molecule has 0 spiro atoms. The van der Waals surface area contributed by atoms with Crippen molar-refractivity contribution in [3.63, 3.8) is 0 Å². The zero-order chi connectivity index (χ0) is 15.4. The van der Waals surface area contributed by atoms with E-state index in [0.717, 1.165) is 12.5 Å². The van der Waals surface area contributed by atoms with Gasteiger partial charge in [-0.25, -0.2) is 0 Å². The Bertz CT molecular complexity index is 438. The molecule has 0 aromatic heterocycles. The van der Waals surface area contributed by atoms with Crippen molar-refractivity contribution in [2.75, 3.05) is 13.7 Å². The van der Waals surface area contributed by atoms with Gasteiger partial charge in [-0.1, -0.05) is 24.6 Å². The maximum absolute atomic E-state index is 6.22. The number of likely N-dealkylation sites (N-methyl/N-ethyl adjacent to an activating group) is 1. The highest BCUT2D eigenvalue weighted by molar-refractivity contribution is 5.39. The third kappa shape index (κ3) is 4.31. The van der Waals surface area contributed by atoms with Gasteiger partial charge in [-0.15, -0.1) is 0 Å². The van der Waals surface area contributed by atoms with E-state index >= 15 is 0 Å². The second-order valence-electron chi connectivity index (χ2n) is 6.87. The van der Waals surface area contributed by atoms with Crippen LogP contribution in [0.4, 0.5) is 0 Å². The van der Waals surface area contributed by atoms with E-state index in [4.69, 9.17) is 4.74 Å². The maximum Gasteiger partial charge on any atom is 0.0665 e. The zero-order valence-corrected chi connectivity index (χ0v) is 14.3. The summed E-state index contributed by atoms with van der Waals surface area (Å²) in [5.41, 5.74) is 5.48. The van der Waals surface area contributed by atoms with Crippen LogP contribution in [0, 0.1) is 26.7 Å². The average Bonchev–Trinajstić information content (AvgIpc) is 2.43. The predicted octanol–water partition coefficient (Wildman–Crippen LogP) is 4.47. The van der Waals surface area contributed by atoms with E-state index in [2.05, 4.69) is 45.1 Å². The lowest BCUT2D eigenvalue weighted by atomic mass is 9.89. The van der Waals surface area contributed by atoms with Gasteiger partial charge in [-0.3, -0.25) is 0 Å². The highest BCUT2D eigenvalue weighted by Crippen LogP contribution is 2.28. The Hall–Kier alpha value is -0.860. The first kappa shape index (κ1) is 16.5. The molecule has 21 heavy (non-hydrogen) atoms. The highest BCUT2D eigenvalue weighted by Gasteiger charge is 2.21. The van der Waals surface area contributed by atoms with Crippen LogP contribution >= 0.6 is 0 Å². The average molecular weight is 289 g/mol. The Kier molecular flexibility index (Phi) is 5.83. The number of aryl methyl sites for hydroxylation is 3. The molecule has 1 saturated carbocycles. The Labute approximate surface area is 130 Å². The van der Waals surface area contributed by atoms with E-state index < -0.39 is 0 Å². The molecule has 1 aliphatic rings. The fraction of sp³-hybridized carbons (Fsp3) is 0.684. The van der Waals surface area contributed by atoms with E-state index in [-0.39, 0.29) is 0 Å². The fourth-order valence-corrected chi connectivity index (χ4v) is 3.68. The van der Waals surface area contributed by atoms with Crippen molar-refractivity contribution in [3.8, 4) is 0 Å². The Morgan fingerprint density at radius 2 is 1.67 bits per heavy atom. The summed E-state index contributed by atoms with van der Waals surface area (Å²) in [6.07, 6.45) is 5.55. The zero-order valence-electron chi connectivity index (χ0n) is 14.3. The lowest BCUT2D eigenvalue weighted by molar-refractivity contribution is 0.00866. The van der Waals surface area contributed by atoms with Crippen LogP contribution in [0.1, 0.15) is 60.9 Å². The van der Waals surface area contributed by atoms with Crippen molar-refractivity contribution >= 4 is 0 Å².